The van der Waals surface area contributed by atoms with Crippen LogP contribution in [0, 0.1) is 11.3 Å². The predicted molar refractivity (Wildman–Crippen MR) is 117 cm³/mol. The lowest BCUT2D eigenvalue weighted by atomic mass is 10.3. The van der Waals surface area contributed by atoms with Crippen LogP contribution < -0.4 is 19.5 Å². The largest absolute Gasteiger partial charge is 0.494 e. The molecule has 8 nitrogen and oxygen atoms in total. The summed E-state index contributed by atoms with van der Waals surface area (Å²) >= 11 is 0. The Morgan fingerprint density at radius 2 is 1.61 bits per heavy atom. The number of pyridine rings is 1. The van der Waals surface area contributed by atoms with Gasteiger partial charge in [-0.2, -0.15) is 5.26 Å². The van der Waals surface area contributed by atoms with E-state index in [1.165, 1.54) is 12.1 Å². The van der Waals surface area contributed by atoms with Crippen molar-refractivity contribution in [3.05, 3.63) is 72.4 Å². The first-order chi connectivity index (χ1) is 15.0. The van der Waals surface area contributed by atoms with Gasteiger partial charge in [0.25, 0.3) is 0 Å². The van der Waals surface area contributed by atoms with Gasteiger partial charge in [-0.3, -0.25) is 0 Å². The SMILES string of the molecule is CCOc1ccc(Oc2ccc(S(=O)(=O)NCCNc3ncccc3C#N)cc2)cc1. The molecular formula is C22H22N4O4S. The standard InChI is InChI=1S/C22H22N4O4S/c1-2-29-18-5-7-19(8-6-18)30-20-9-11-21(12-10-20)31(27,28)26-15-14-25-22-17(16-23)4-3-13-24-22/h3-13,26H,2,14-15H2,1H3,(H,24,25). The van der Waals surface area contributed by atoms with Crippen molar-refractivity contribution >= 4 is 15.8 Å². The molecule has 9 heteroatoms. The molecule has 3 rings (SSSR count). The van der Waals surface area contributed by atoms with E-state index in [0.717, 1.165) is 5.75 Å². The molecule has 0 saturated heterocycles. The fourth-order valence-corrected chi connectivity index (χ4v) is 3.71. The molecule has 1 heterocycles. The second kappa shape index (κ2) is 10.4. The van der Waals surface area contributed by atoms with E-state index in [9.17, 15) is 8.42 Å². The van der Waals surface area contributed by atoms with Crippen LogP contribution in [-0.4, -0.2) is 33.1 Å². The van der Waals surface area contributed by atoms with Crippen molar-refractivity contribution in [2.24, 2.45) is 0 Å². The Hall–Kier alpha value is -3.61. The van der Waals surface area contributed by atoms with Gasteiger partial charge in [0.1, 0.15) is 29.1 Å². The van der Waals surface area contributed by atoms with E-state index in [-0.39, 0.29) is 18.0 Å². The van der Waals surface area contributed by atoms with E-state index in [2.05, 4.69) is 15.0 Å². The second-order valence-corrected chi connectivity index (χ2v) is 8.08. The van der Waals surface area contributed by atoms with Crippen LogP contribution in [0.15, 0.2) is 71.8 Å². The smallest absolute Gasteiger partial charge is 0.240 e. The number of sulfonamides is 1. The minimum absolute atomic E-state index is 0.127. The maximum absolute atomic E-state index is 12.5. The minimum atomic E-state index is -3.68. The van der Waals surface area contributed by atoms with Gasteiger partial charge in [-0.15, -0.1) is 0 Å². The summed E-state index contributed by atoms with van der Waals surface area (Å²) < 4.78 is 38.6. The van der Waals surface area contributed by atoms with Gasteiger partial charge in [0.15, 0.2) is 0 Å². The Kier molecular flexibility index (Phi) is 7.43. The van der Waals surface area contributed by atoms with Crippen LogP contribution in [0.4, 0.5) is 5.82 Å². The Balaban J connectivity index is 1.53. The molecule has 0 radical (unpaired) electrons. The van der Waals surface area contributed by atoms with E-state index in [1.54, 1.807) is 54.7 Å². The third kappa shape index (κ3) is 6.18. The van der Waals surface area contributed by atoms with Gasteiger partial charge in [0.2, 0.25) is 10.0 Å². The summed E-state index contributed by atoms with van der Waals surface area (Å²) in [6, 6.07) is 18.6. The van der Waals surface area contributed by atoms with Crippen LogP contribution in [0.3, 0.4) is 0 Å². The summed E-state index contributed by atoms with van der Waals surface area (Å²) in [6.07, 6.45) is 1.56. The molecule has 160 valence electrons. The van der Waals surface area contributed by atoms with Crippen molar-refractivity contribution in [2.45, 2.75) is 11.8 Å². The molecule has 1 aromatic heterocycles. The number of ether oxygens (including phenoxy) is 2. The molecule has 0 fully saturated rings. The van der Waals surface area contributed by atoms with Crippen molar-refractivity contribution in [3.8, 4) is 23.3 Å². The van der Waals surface area contributed by atoms with Gasteiger partial charge in [0, 0.05) is 19.3 Å². The lowest BCUT2D eigenvalue weighted by molar-refractivity contribution is 0.339. The quantitative estimate of drug-likeness (QED) is 0.466. The normalized spacial score (nSPS) is 10.8. The Morgan fingerprint density at radius 1 is 0.968 bits per heavy atom. The summed E-state index contributed by atoms with van der Waals surface area (Å²) in [5.41, 5.74) is 0.397. The molecular weight excluding hydrogens is 416 g/mol. The van der Waals surface area contributed by atoms with Crippen LogP contribution in [-0.2, 0) is 10.0 Å². The Morgan fingerprint density at radius 3 is 2.26 bits per heavy atom. The predicted octanol–water partition coefficient (Wildman–Crippen LogP) is 3.53. The molecule has 31 heavy (non-hydrogen) atoms. The maximum atomic E-state index is 12.5. The number of nitrogens with one attached hydrogen (secondary N) is 2. The minimum Gasteiger partial charge on any atom is -0.494 e. The lowest BCUT2D eigenvalue weighted by Crippen LogP contribution is -2.29. The first kappa shape index (κ1) is 22.1. The molecule has 0 aliphatic carbocycles. The first-order valence-corrected chi connectivity index (χ1v) is 11.1. The van der Waals surface area contributed by atoms with E-state index < -0.39 is 10.0 Å². The van der Waals surface area contributed by atoms with E-state index in [1.807, 2.05) is 13.0 Å². The number of aromatic nitrogens is 1. The first-order valence-electron chi connectivity index (χ1n) is 9.61. The van der Waals surface area contributed by atoms with Gasteiger partial charge in [0.05, 0.1) is 17.1 Å². The van der Waals surface area contributed by atoms with Crippen molar-refractivity contribution in [1.29, 1.82) is 5.26 Å². The molecule has 0 aliphatic heterocycles. The average molecular weight is 439 g/mol. The molecule has 3 aromatic rings. The molecule has 2 N–H and O–H groups in total. The number of anilines is 1. The van der Waals surface area contributed by atoms with Crippen molar-refractivity contribution in [3.63, 3.8) is 0 Å². The van der Waals surface area contributed by atoms with E-state index in [4.69, 9.17) is 14.7 Å². The fraction of sp³-hybridized carbons (Fsp3) is 0.182. The van der Waals surface area contributed by atoms with Gasteiger partial charge >= 0.3 is 0 Å². The number of rotatable bonds is 10. The number of hydrogen-bond donors (Lipinski definition) is 2. The topological polar surface area (TPSA) is 113 Å². The third-order valence-electron chi connectivity index (χ3n) is 4.14. The number of hydrogen-bond acceptors (Lipinski definition) is 7. The fourth-order valence-electron chi connectivity index (χ4n) is 2.68. The number of nitriles is 1. The zero-order valence-corrected chi connectivity index (χ0v) is 17.7. The summed E-state index contributed by atoms with van der Waals surface area (Å²) in [5, 5.41) is 12.0. The summed E-state index contributed by atoms with van der Waals surface area (Å²) in [4.78, 5) is 4.19. The van der Waals surface area contributed by atoms with Crippen LogP contribution in [0.1, 0.15) is 12.5 Å². The highest BCUT2D eigenvalue weighted by molar-refractivity contribution is 7.89. The number of benzene rings is 2. The molecule has 0 aliphatic rings. The van der Waals surface area contributed by atoms with Crippen LogP contribution in [0.25, 0.3) is 0 Å². The zero-order chi connectivity index (χ0) is 22.1. The third-order valence-corrected chi connectivity index (χ3v) is 5.62. The van der Waals surface area contributed by atoms with Crippen LogP contribution >= 0.6 is 0 Å². The highest BCUT2D eigenvalue weighted by Gasteiger charge is 2.13. The Bertz CT molecular complexity index is 1140. The maximum Gasteiger partial charge on any atom is 0.240 e. The summed E-state index contributed by atoms with van der Waals surface area (Å²) in [5.74, 6) is 2.31. The summed E-state index contributed by atoms with van der Waals surface area (Å²) in [6.45, 7) is 2.92. The highest BCUT2D eigenvalue weighted by atomic mass is 32.2. The monoisotopic (exact) mass is 438 g/mol. The second-order valence-electron chi connectivity index (χ2n) is 6.31. The van der Waals surface area contributed by atoms with E-state index in [0.29, 0.717) is 29.5 Å². The van der Waals surface area contributed by atoms with Crippen molar-refractivity contribution in [2.75, 3.05) is 25.0 Å². The average Bonchev–Trinajstić information content (AvgIpc) is 2.79. The van der Waals surface area contributed by atoms with Crippen LogP contribution in [0.2, 0.25) is 0 Å². The van der Waals surface area contributed by atoms with Gasteiger partial charge in [-0.05, 0) is 67.6 Å². The number of nitrogens with zero attached hydrogens (tertiary/aromatic N) is 2. The lowest BCUT2D eigenvalue weighted by Gasteiger charge is -2.10. The zero-order valence-electron chi connectivity index (χ0n) is 16.9. The molecule has 0 bridgehead atoms. The molecule has 2 aromatic carbocycles. The highest BCUT2D eigenvalue weighted by Crippen LogP contribution is 2.25. The van der Waals surface area contributed by atoms with E-state index >= 15 is 0 Å². The molecule has 0 spiro atoms. The van der Waals surface area contributed by atoms with Crippen molar-refractivity contribution in [1.82, 2.24) is 9.71 Å². The molecule has 0 saturated carbocycles. The molecule has 0 amide bonds. The summed E-state index contributed by atoms with van der Waals surface area (Å²) in [7, 11) is -3.68. The Labute approximate surface area is 181 Å². The van der Waals surface area contributed by atoms with Crippen LogP contribution in [0.5, 0.6) is 17.2 Å². The van der Waals surface area contributed by atoms with Crippen molar-refractivity contribution < 1.29 is 17.9 Å². The van der Waals surface area contributed by atoms with Gasteiger partial charge in [-0.1, -0.05) is 0 Å². The molecule has 0 atom stereocenters. The van der Waals surface area contributed by atoms with Gasteiger partial charge in [-0.25, -0.2) is 18.1 Å². The van der Waals surface area contributed by atoms with Gasteiger partial charge < -0.3 is 14.8 Å². The molecule has 0 unspecified atom stereocenters.